The van der Waals surface area contributed by atoms with Crippen LogP contribution < -0.4 is 10.0 Å². The number of nitrogens with zero attached hydrogens (tertiary/aromatic N) is 1. The number of rotatable bonds is 7. The summed E-state index contributed by atoms with van der Waals surface area (Å²) >= 11 is 1.72. The minimum Gasteiger partial charge on any atom is -0.346 e. The lowest BCUT2D eigenvalue weighted by molar-refractivity contribution is -0.117. The molecule has 3 N–H and O–H groups in total. The van der Waals surface area contributed by atoms with Crippen molar-refractivity contribution in [3.8, 4) is 11.1 Å². The van der Waals surface area contributed by atoms with Crippen LogP contribution in [-0.4, -0.2) is 21.6 Å². The minimum absolute atomic E-state index is 0.0712. The largest absolute Gasteiger partial charge is 0.346 e. The predicted molar refractivity (Wildman–Crippen MR) is 109 cm³/mol. The van der Waals surface area contributed by atoms with Gasteiger partial charge in [-0.05, 0) is 54.7 Å². The number of aromatic amines is 1. The smallest absolute Gasteiger partial charge is 0.228 e. The van der Waals surface area contributed by atoms with Gasteiger partial charge in [0, 0.05) is 28.9 Å². The van der Waals surface area contributed by atoms with Gasteiger partial charge in [-0.25, -0.2) is 4.98 Å². The number of H-pyrrole nitrogens is 1. The Morgan fingerprint density at radius 3 is 2.81 bits per heavy atom. The van der Waals surface area contributed by atoms with Gasteiger partial charge in [0.2, 0.25) is 5.91 Å². The lowest BCUT2D eigenvalue weighted by atomic mass is 10.0. The first-order valence-electron chi connectivity index (χ1n) is 9.02. The van der Waals surface area contributed by atoms with Gasteiger partial charge < -0.3 is 15.0 Å². The first-order valence-corrected chi connectivity index (χ1v) is 10.0. The van der Waals surface area contributed by atoms with Gasteiger partial charge >= 0.3 is 0 Å². The lowest BCUT2D eigenvalue weighted by Crippen LogP contribution is -2.14. The average molecular weight is 366 g/mol. The predicted octanol–water partition coefficient (Wildman–Crippen LogP) is 5.05. The molecule has 1 aliphatic carbocycles. The molecular weight excluding hydrogens is 344 g/mol. The van der Waals surface area contributed by atoms with E-state index in [2.05, 4.69) is 51.2 Å². The maximum atomic E-state index is 12.1. The van der Waals surface area contributed by atoms with Crippen molar-refractivity contribution in [2.75, 3.05) is 15.8 Å². The van der Waals surface area contributed by atoms with Crippen LogP contribution in [0.2, 0.25) is 0 Å². The van der Waals surface area contributed by atoms with Crippen LogP contribution in [0.25, 0.3) is 22.2 Å². The van der Waals surface area contributed by atoms with E-state index in [0.717, 1.165) is 52.9 Å². The van der Waals surface area contributed by atoms with Crippen LogP contribution >= 0.6 is 11.9 Å². The highest BCUT2D eigenvalue weighted by Gasteiger charge is 2.30. The molecule has 2 heterocycles. The fraction of sp³-hybridized carbons (Fsp3) is 0.300. The number of carbonyl (C=O) groups is 1. The van der Waals surface area contributed by atoms with E-state index in [4.69, 9.17) is 0 Å². The summed E-state index contributed by atoms with van der Waals surface area (Å²) < 4.78 is 3.35. The second-order valence-electron chi connectivity index (χ2n) is 6.59. The third-order valence-electron chi connectivity index (χ3n) is 4.42. The topological polar surface area (TPSA) is 69.8 Å². The highest BCUT2D eigenvalue weighted by Crippen LogP contribution is 2.33. The van der Waals surface area contributed by atoms with Crippen molar-refractivity contribution in [2.45, 2.75) is 26.2 Å². The van der Waals surface area contributed by atoms with Gasteiger partial charge in [-0.3, -0.25) is 4.79 Å². The van der Waals surface area contributed by atoms with Gasteiger partial charge in [-0.2, -0.15) is 0 Å². The molecule has 0 unspecified atom stereocenters. The number of benzene rings is 1. The second-order valence-corrected chi connectivity index (χ2v) is 7.49. The molecule has 4 rings (SSSR count). The molecule has 1 fully saturated rings. The summed E-state index contributed by atoms with van der Waals surface area (Å²) in [5.74, 6) is 1.92. The van der Waals surface area contributed by atoms with E-state index < -0.39 is 0 Å². The Hall–Kier alpha value is -2.47. The number of nitrogens with one attached hydrogen (secondary N) is 3. The molecule has 134 valence electrons. The maximum Gasteiger partial charge on any atom is 0.228 e. The summed E-state index contributed by atoms with van der Waals surface area (Å²) in [6, 6.07) is 12.4. The Bertz CT molecular complexity index is 915. The van der Waals surface area contributed by atoms with Gasteiger partial charge in [-0.1, -0.05) is 31.0 Å². The molecule has 2 aromatic heterocycles. The average Bonchev–Trinajstić information content (AvgIpc) is 3.40. The summed E-state index contributed by atoms with van der Waals surface area (Å²) in [5, 5.41) is 4.01. The molecule has 1 amide bonds. The Balaban J connectivity index is 1.61. The second kappa shape index (κ2) is 7.41. The van der Waals surface area contributed by atoms with E-state index in [9.17, 15) is 4.79 Å². The molecular formula is C20H22N4OS. The van der Waals surface area contributed by atoms with Crippen molar-refractivity contribution < 1.29 is 4.79 Å². The van der Waals surface area contributed by atoms with Crippen molar-refractivity contribution in [3.63, 3.8) is 0 Å². The molecule has 0 radical (unpaired) electrons. The normalized spacial score (nSPS) is 13.7. The first kappa shape index (κ1) is 17.0. The van der Waals surface area contributed by atoms with Crippen LogP contribution in [0.15, 0.2) is 42.6 Å². The van der Waals surface area contributed by atoms with Gasteiger partial charge in [0.25, 0.3) is 0 Å². The van der Waals surface area contributed by atoms with Crippen LogP contribution in [0.4, 0.5) is 11.5 Å². The standard InChI is InChI=1S/C20H22N4OS/c1-2-11-26-24-15-7-5-13(6-8-15)17-12-18(23-20(25)14-3-4-14)22-19-16(17)9-10-21-19/h5-10,12,14,24H,2-4,11H2,1H3,(H2,21,22,23,25). The summed E-state index contributed by atoms with van der Waals surface area (Å²) in [5.41, 5.74) is 4.04. The summed E-state index contributed by atoms with van der Waals surface area (Å²) in [6.45, 7) is 2.17. The fourth-order valence-corrected chi connectivity index (χ4v) is 3.48. The van der Waals surface area contributed by atoms with Crippen molar-refractivity contribution in [2.24, 2.45) is 5.92 Å². The van der Waals surface area contributed by atoms with E-state index >= 15 is 0 Å². The van der Waals surface area contributed by atoms with E-state index in [1.54, 1.807) is 11.9 Å². The minimum atomic E-state index is 0.0712. The Morgan fingerprint density at radius 1 is 1.27 bits per heavy atom. The van der Waals surface area contributed by atoms with Crippen molar-refractivity contribution in [1.29, 1.82) is 0 Å². The number of pyridine rings is 1. The molecule has 1 saturated carbocycles. The molecule has 0 spiro atoms. The fourth-order valence-electron chi connectivity index (χ4n) is 2.87. The lowest BCUT2D eigenvalue weighted by Gasteiger charge is -2.10. The van der Waals surface area contributed by atoms with Crippen molar-refractivity contribution >= 4 is 40.4 Å². The highest BCUT2D eigenvalue weighted by molar-refractivity contribution is 8.00. The molecule has 6 heteroatoms. The number of hydrogen-bond acceptors (Lipinski definition) is 4. The zero-order chi connectivity index (χ0) is 17.9. The molecule has 0 bridgehead atoms. The van der Waals surface area contributed by atoms with E-state index in [-0.39, 0.29) is 11.8 Å². The van der Waals surface area contributed by atoms with Crippen LogP contribution in [0.1, 0.15) is 26.2 Å². The van der Waals surface area contributed by atoms with Crippen LogP contribution in [0.3, 0.4) is 0 Å². The van der Waals surface area contributed by atoms with Gasteiger partial charge in [0.15, 0.2) is 0 Å². The van der Waals surface area contributed by atoms with Crippen molar-refractivity contribution in [3.05, 3.63) is 42.6 Å². The molecule has 1 aromatic carbocycles. The molecule has 0 aliphatic heterocycles. The Morgan fingerprint density at radius 2 is 2.08 bits per heavy atom. The van der Waals surface area contributed by atoms with E-state index in [1.165, 1.54) is 0 Å². The molecule has 0 atom stereocenters. The van der Waals surface area contributed by atoms with E-state index in [1.807, 2.05) is 18.3 Å². The van der Waals surface area contributed by atoms with Crippen LogP contribution in [0.5, 0.6) is 0 Å². The zero-order valence-corrected chi connectivity index (χ0v) is 15.5. The van der Waals surface area contributed by atoms with Gasteiger partial charge in [-0.15, -0.1) is 0 Å². The molecule has 5 nitrogen and oxygen atoms in total. The summed E-state index contributed by atoms with van der Waals surface area (Å²) in [6.07, 6.45) is 4.99. The van der Waals surface area contributed by atoms with Gasteiger partial charge in [0.05, 0.1) is 0 Å². The third-order valence-corrected chi connectivity index (χ3v) is 5.41. The van der Waals surface area contributed by atoms with Crippen molar-refractivity contribution in [1.82, 2.24) is 9.97 Å². The Labute approximate surface area is 157 Å². The molecule has 3 aromatic rings. The number of hydrogen-bond donors (Lipinski definition) is 3. The maximum absolute atomic E-state index is 12.1. The van der Waals surface area contributed by atoms with Crippen LogP contribution in [0, 0.1) is 5.92 Å². The number of anilines is 2. The summed E-state index contributed by atoms with van der Waals surface area (Å²) in [4.78, 5) is 19.8. The van der Waals surface area contributed by atoms with E-state index in [0.29, 0.717) is 5.82 Å². The van der Waals surface area contributed by atoms with Gasteiger partial charge in [0.1, 0.15) is 11.5 Å². The molecule has 26 heavy (non-hydrogen) atoms. The number of aromatic nitrogens is 2. The number of amides is 1. The highest BCUT2D eigenvalue weighted by atomic mass is 32.2. The third kappa shape index (κ3) is 3.70. The monoisotopic (exact) mass is 366 g/mol. The first-order chi connectivity index (χ1) is 12.7. The molecule has 0 saturated heterocycles. The quantitative estimate of drug-likeness (QED) is 0.404. The number of carbonyl (C=O) groups excluding carboxylic acids is 1. The zero-order valence-electron chi connectivity index (χ0n) is 14.7. The Kier molecular flexibility index (Phi) is 4.84. The van der Waals surface area contributed by atoms with Crippen LogP contribution in [-0.2, 0) is 4.79 Å². The SMILES string of the molecule is CCCSNc1ccc(-c2cc(NC(=O)C3CC3)nc3[nH]ccc23)cc1. The number of fused-ring (bicyclic) bond motifs is 1. The molecule has 1 aliphatic rings. The summed E-state index contributed by atoms with van der Waals surface area (Å²) in [7, 11) is 0.